The molecule has 2 N–H and O–H groups in total. The van der Waals surface area contributed by atoms with E-state index >= 15 is 0 Å². The molecule has 1 saturated heterocycles. The van der Waals surface area contributed by atoms with Crippen molar-refractivity contribution in [2.45, 2.75) is 31.4 Å². The zero-order chi connectivity index (χ0) is 15.5. The average molecular weight is 300 g/mol. The second-order valence-electron chi connectivity index (χ2n) is 5.68. The molecule has 3 rings (SSSR count). The highest BCUT2D eigenvalue weighted by atomic mass is 16.5. The summed E-state index contributed by atoms with van der Waals surface area (Å²) in [6.07, 6.45) is 2.65. The fraction of sp³-hybridized carbons (Fsp3) is 0.412. The Morgan fingerprint density at radius 3 is 3.09 bits per heavy atom. The summed E-state index contributed by atoms with van der Waals surface area (Å²) < 4.78 is 5.25. The van der Waals surface area contributed by atoms with E-state index in [1.807, 2.05) is 24.3 Å². The molecular formula is C17H20N2O3. The smallest absolute Gasteiger partial charge is 0.135 e. The van der Waals surface area contributed by atoms with Gasteiger partial charge in [0.2, 0.25) is 0 Å². The summed E-state index contributed by atoms with van der Waals surface area (Å²) in [5.74, 6) is 0.997. The number of hydrogen-bond donors (Lipinski definition) is 2. The first-order valence-corrected chi connectivity index (χ1v) is 7.53. The lowest BCUT2D eigenvalue weighted by molar-refractivity contribution is -0.120. The molecule has 1 aromatic heterocycles. The van der Waals surface area contributed by atoms with E-state index < -0.39 is 6.10 Å². The van der Waals surface area contributed by atoms with Crippen LogP contribution in [0.25, 0.3) is 10.9 Å². The van der Waals surface area contributed by atoms with Gasteiger partial charge in [0.15, 0.2) is 0 Å². The van der Waals surface area contributed by atoms with Crippen molar-refractivity contribution in [1.82, 2.24) is 10.3 Å². The van der Waals surface area contributed by atoms with Crippen molar-refractivity contribution in [1.29, 1.82) is 0 Å². The number of hydrogen-bond acceptors (Lipinski definition) is 5. The Hall–Kier alpha value is -1.98. The highest BCUT2D eigenvalue weighted by Crippen LogP contribution is 2.29. The molecule has 0 spiro atoms. The van der Waals surface area contributed by atoms with Crippen molar-refractivity contribution in [3.05, 3.63) is 36.0 Å². The van der Waals surface area contributed by atoms with Crippen LogP contribution in [0.15, 0.2) is 30.5 Å². The summed E-state index contributed by atoms with van der Waals surface area (Å²) in [7, 11) is 1.62. The van der Waals surface area contributed by atoms with Crippen LogP contribution in [-0.2, 0) is 4.79 Å². The van der Waals surface area contributed by atoms with Gasteiger partial charge in [-0.15, -0.1) is 0 Å². The van der Waals surface area contributed by atoms with Crippen LogP contribution in [0.5, 0.6) is 5.75 Å². The van der Waals surface area contributed by atoms with Crippen molar-refractivity contribution < 1.29 is 14.6 Å². The van der Waals surface area contributed by atoms with Gasteiger partial charge in [-0.05, 0) is 36.2 Å². The van der Waals surface area contributed by atoms with Crippen LogP contribution in [0, 0.1) is 0 Å². The molecule has 116 valence electrons. The lowest BCUT2D eigenvalue weighted by Gasteiger charge is -2.25. The first-order valence-electron chi connectivity index (χ1n) is 7.53. The van der Waals surface area contributed by atoms with Crippen LogP contribution < -0.4 is 10.1 Å². The predicted molar refractivity (Wildman–Crippen MR) is 83.9 cm³/mol. The second kappa shape index (κ2) is 6.42. The maximum atomic E-state index is 11.5. The van der Waals surface area contributed by atoms with Crippen molar-refractivity contribution in [2.24, 2.45) is 0 Å². The molecule has 0 aliphatic carbocycles. The highest BCUT2D eigenvalue weighted by molar-refractivity contribution is 5.84. The number of aromatic nitrogens is 1. The standard InChI is InChI=1S/C17H20N2O3/c1-22-13-2-3-16-15(10-13)14(5-7-19-16)17(21)9-11-8-12(20)4-6-18-11/h2-3,5,7,10-11,17-18,21H,4,6,8-9H2,1H3/t11-,17?/m0/s1. The number of fused-ring (bicyclic) bond motifs is 1. The molecule has 5 heteroatoms. The highest BCUT2D eigenvalue weighted by Gasteiger charge is 2.23. The number of carbonyl (C=O) groups excluding carboxylic acids is 1. The Bertz CT molecular complexity index is 687. The van der Waals surface area contributed by atoms with Gasteiger partial charge in [-0.1, -0.05) is 0 Å². The Balaban J connectivity index is 1.86. The zero-order valence-corrected chi connectivity index (χ0v) is 12.6. The molecule has 2 atom stereocenters. The third kappa shape index (κ3) is 3.10. The summed E-state index contributed by atoms with van der Waals surface area (Å²) in [5, 5.41) is 14.8. The van der Waals surface area contributed by atoms with E-state index in [0.717, 1.165) is 22.2 Å². The van der Waals surface area contributed by atoms with E-state index in [0.29, 0.717) is 25.8 Å². The summed E-state index contributed by atoms with van der Waals surface area (Å²) in [5.41, 5.74) is 1.65. The molecule has 1 aliphatic heterocycles. The van der Waals surface area contributed by atoms with Gasteiger partial charge < -0.3 is 15.2 Å². The minimum absolute atomic E-state index is 0.0325. The van der Waals surface area contributed by atoms with Crippen LogP contribution in [-0.4, -0.2) is 35.6 Å². The minimum Gasteiger partial charge on any atom is -0.497 e. The minimum atomic E-state index is -0.638. The van der Waals surface area contributed by atoms with E-state index in [-0.39, 0.29) is 11.8 Å². The number of nitrogens with zero attached hydrogens (tertiary/aromatic N) is 1. The van der Waals surface area contributed by atoms with E-state index in [2.05, 4.69) is 10.3 Å². The van der Waals surface area contributed by atoms with Gasteiger partial charge in [0, 0.05) is 37.0 Å². The van der Waals surface area contributed by atoms with Crippen molar-refractivity contribution in [3.8, 4) is 5.75 Å². The molecule has 0 amide bonds. The van der Waals surface area contributed by atoms with E-state index in [1.165, 1.54) is 0 Å². The molecule has 0 radical (unpaired) electrons. The third-order valence-corrected chi connectivity index (χ3v) is 4.16. The molecule has 1 fully saturated rings. The molecule has 1 aromatic carbocycles. The summed E-state index contributed by atoms with van der Waals surface area (Å²) >= 11 is 0. The maximum absolute atomic E-state index is 11.5. The number of Topliss-reactive ketones (excluding diaryl/α,β-unsaturated/α-hetero) is 1. The third-order valence-electron chi connectivity index (χ3n) is 4.16. The number of carbonyl (C=O) groups is 1. The molecule has 2 aromatic rings. The number of nitrogens with one attached hydrogen (secondary N) is 1. The largest absolute Gasteiger partial charge is 0.497 e. The number of pyridine rings is 1. The Morgan fingerprint density at radius 2 is 2.32 bits per heavy atom. The fourth-order valence-electron chi connectivity index (χ4n) is 2.99. The van der Waals surface area contributed by atoms with Crippen molar-refractivity contribution in [2.75, 3.05) is 13.7 Å². The van der Waals surface area contributed by atoms with Gasteiger partial charge in [-0.25, -0.2) is 0 Å². The average Bonchev–Trinajstić information content (AvgIpc) is 2.53. The fourth-order valence-corrected chi connectivity index (χ4v) is 2.99. The monoisotopic (exact) mass is 300 g/mol. The number of ether oxygens (including phenoxy) is 1. The van der Waals surface area contributed by atoms with Crippen LogP contribution in [0.2, 0.25) is 0 Å². The summed E-state index contributed by atoms with van der Waals surface area (Å²) in [6.45, 7) is 0.696. The number of ketones is 1. The Kier molecular flexibility index (Phi) is 4.36. The SMILES string of the molecule is COc1ccc2nccc(C(O)C[C@@H]3CC(=O)CCN3)c2c1. The zero-order valence-electron chi connectivity index (χ0n) is 12.6. The van der Waals surface area contributed by atoms with Gasteiger partial charge in [-0.2, -0.15) is 0 Å². The number of benzene rings is 1. The van der Waals surface area contributed by atoms with Gasteiger partial charge in [-0.3, -0.25) is 9.78 Å². The Labute approximate surface area is 129 Å². The molecular weight excluding hydrogens is 280 g/mol. The van der Waals surface area contributed by atoms with E-state index in [4.69, 9.17) is 4.74 Å². The van der Waals surface area contributed by atoms with Gasteiger partial charge >= 0.3 is 0 Å². The number of methoxy groups -OCH3 is 1. The Morgan fingerprint density at radius 1 is 1.45 bits per heavy atom. The summed E-state index contributed by atoms with van der Waals surface area (Å²) in [4.78, 5) is 15.9. The second-order valence-corrected chi connectivity index (χ2v) is 5.68. The van der Waals surface area contributed by atoms with Crippen molar-refractivity contribution in [3.63, 3.8) is 0 Å². The molecule has 0 saturated carbocycles. The van der Waals surface area contributed by atoms with E-state index in [9.17, 15) is 9.90 Å². The first-order chi connectivity index (χ1) is 10.7. The maximum Gasteiger partial charge on any atom is 0.135 e. The molecule has 5 nitrogen and oxygen atoms in total. The van der Waals surface area contributed by atoms with Crippen LogP contribution >= 0.6 is 0 Å². The molecule has 0 bridgehead atoms. The quantitative estimate of drug-likeness (QED) is 0.903. The molecule has 22 heavy (non-hydrogen) atoms. The van der Waals surface area contributed by atoms with Crippen LogP contribution in [0.1, 0.15) is 30.9 Å². The van der Waals surface area contributed by atoms with Gasteiger partial charge in [0.25, 0.3) is 0 Å². The molecule has 1 unspecified atom stereocenters. The van der Waals surface area contributed by atoms with Gasteiger partial charge in [0.05, 0.1) is 18.7 Å². The topological polar surface area (TPSA) is 71.5 Å². The number of piperidine rings is 1. The van der Waals surface area contributed by atoms with Crippen LogP contribution in [0.3, 0.4) is 0 Å². The lowest BCUT2D eigenvalue weighted by Crippen LogP contribution is -2.39. The van der Waals surface area contributed by atoms with Crippen LogP contribution in [0.4, 0.5) is 0 Å². The van der Waals surface area contributed by atoms with Crippen molar-refractivity contribution >= 4 is 16.7 Å². The molecule has 1 aliphatic rings. The predicted octanol–water partition coefficient (Wildman–Crippen LogP) is 1.99. The van der Waals surface area contributed by atoms with E-state index in [1.54, 1.807) is 13.3 Å². The summed E-state index contributed by atoms with van der Waals surface area (Å²) in [6, 6.07) is 7.49. The number of aliphatic hydroxyl groups is 1. The van der Waals surface area contributed by atoms with Gasteiger partial charge in [0.1, 0.15) is 11.5 Å². The lowest BCUT2D eigenvalue weighted by atomic mass is 9.94. The number of aliphatic hydroxyl groups excluding tert-OH is 1. The molecule has 2 heterocycles. The number of rotatable bonds is 4. The first kappa shape index (κ1) is 14.9. The normalized spacial score (nSPS) is 20.1.